The first-order valence-electron chi connectivity index (χ1n) is 5.98. The van der Waals surface area contributed by atoms with Gasteiger partial charge in [0.1, 0.15) is 12.7 Å². The highest BCUT2D eigenvalue weighted by Gasteiger charge is 2.30. The lowest BCUT2D eigenvalue weighted by molar-refractivity contribution is -0.185. The van der Waals surface area contributed by atoms with Crippen LogP contribution in [0.2, 0.25) is 0 Å². The second-order valence-corrected chi connectivity index (χ2v) is 4.22. The molecule has 0 aromatic heterocycles. The summed E-state index contributed by atoms with van der Waals surface area (Å²) < 4.78 is 40.4. The number of nitrogens with one attached hydrogen (secondary N) is 1. The van der Waals surface area contributed by atoms with Gasteiger partial charge in [-0.1, -0.05) is 30.3 Å². The monoisotopic (exact) mass is 291 g/mol. The smallest absolute Gasteiger partial charge is 0.394 e. The van der Waals surface area contributed by atoms with Gasteiger partial charge in [-0.25, -0.2) is 0 Å². The summed E-state index contributed by atoms with van der Waals surface area (Å²) in [5, 5.41) is 11.7. The number of carbonyl (C=O) groups excluding carboxylic acids is 1. The van der Waals surface area contributed by atoms with Crippen molar-refractivity contribution >= 4 is 5.91 Å². The fraction of sp³-hybridized carbons (Fsp3) is 0.462. The molecule has 0 spiro atoms. The fourth-order valence-corrected chi connectivity index (χ4v) is 1.50. The molecule has 2 atom stereocenters. The van der Waals surface area contributed by atoms with E-state index in [1.165, 1.54) is 6.92 Å². The summed E-state index contributed by atoms with van der Waals surface area (Å²) in [5.74, 6) is -0.711. The van der Waals surface area contributed by atoms with Crippen LogP contribution in [0.1, 0.15) is 18.5 Å². The molecule has 4 nitrogen and oxygen atoms in total. The first kappa shape index (κ1) is 16.5. The molecule has 0 fully saturated rings. The molecule has 1 unspecified atom stereocenters. The van der Waals surface area contributed by atoms with Crippen LogP contribution in [0, 0.1) is 0 Å². The van der Waals surface area contributed by atoms with Gasteiger partial charge < -0.3 is 15.2 Å². The van der Waals surface area contributed by atoms with E-state index in [0.29, 0.717) is 5.56 Å². The first-order valence-corrected chi connectivity index (χ1v) is 5.98. The van der Waals surface area contributed by atoms with Gasteiger partial charge >= 0.3 is 6.18 Å². The lowest BCUT2D eigenvalue weighted by Crippen LogP contribution is -2.39. The van der Waals surface area contributed by atoms with Crippen molar-refractivity contribution in [3.8, 4) is 0 Å². The summed E-state index contributed by atoms with van der Waals surface area (Å²) in [6.07, 6.45) is -5.74. The molecule has 0 heterocycles. The number of hydrogen-bond donors (Lipinski definition) is 2. The molecule has 0 saturated heterocycles. The number of ether oxygens (including phenoxy) is 1. The van der Waals surface area contributed by atoms with Gasteiger partial charge in [0.2, 0.25) is 5.91 Å². The van der Waals surface area contributed by atoms with Gasteiger partial charge in [0.15, 0.2) is 0 Å². The van der Waals surface area contributed by atoms with E-state index >= 15 is 0 Å². The third-order valence-electron chi connectivity index (χ3n) is 2.57. The van der Waals surface area contributed by atoms with Crippen LogP contribution in [0.25, 0.3) is 0 Å². The number of rotatable bonds is 6. The third kappa shape index (κ3) is 5.58. The molecular weight excluding hydrogens is 275 g/mol. The Labute approximate surface area is 114 Å². The van der Waals surface area contributed by atoms with Crippen molar-refractivity contribution in [1.29, 1.82) is 0 Å². The molecule has 0 bridgehead atoms. The van der Waals surface area contributed by atoms with E-state index in [0.717, 1.165) is 0 Å². The Morgan fingerprint density at radius 3 is 2.45 bits per heavy atom. The number of amides is 1. The maximum atomic E-state index is 12.0. The summed E-state index contributed by atoms with van der Waals surface area (Å²) in [5.41, 5.74) is 0.659. The number of aliphatic hydroxyl groups is 1. The highest BCUT2D eigenvalue weighted by atomic mass is 19.4. The van der Waals surface area contributed by atoms with Crippen molar-refractivity contribution in [1.82, 2.24) is 5.32 Å². The van der Waals surface area contributed by atoms with Crippen LogP contribution < -0.4 is 5.32 Å². The van der Waals surface area contributed by atoms with Crippen molar-refractivity contribution < 1.29 is 27.8 Å². The van der Waals surface area contributed by atoms with E-state index in [4.69, 9.17) is 0 Å². The molecule has 2 N–H and O–H groups in total. The Morgan fingerprint density at radius 2 is 1.95 bits per heavy atom. The van der Waals surface area contributed by atoms with E-state index in [9.17, 15) is 23.1 Å². The molecule has 112 valence electrons. The molecular formula is C13H16F3NO3. The standard InChI is InChI=1S/C13H16F3NO3/c1-9(20-8-13(14,15)16)12(19)17-11(7-18)10-5-3-2-4-6-10/h2-6,9,11,18H,7-8H2,1H3,(H,17,19)/t9?,11-/m1/s1. The van der Waals surface area contributed by atoms with Crippen molar-refractivity contribution in [3.63, 3.8) is 0 Å². The minimum absolute atomic E-state index is 0.359. The second-order valence-electron chi connectivity index (χ2n) is 4.22. The van der Waals surface area contributed by atoms with Crippen molar-refractivity contribution in [3.05, 3.63) is 35.9 Å². The van der Waals surface area contributed by atoms with Crippen LogP contribution in [0.5, 0.6) is 0 Å². The van der Waals surface area contributed by atoms with Gasteiger partial charge in [-0.05, 0) is 12.5 Å². The molecule has 1 rings (SSSR count). The quantitative estimate of drug-likeness (QED) is 0.840. The predicted octanol–water partition coefficient (Wildman–Crippen LogP) is 1.80. The molecule has 1 aromatic carbocycles. The van der Waals surface area contributed by atoms with Crippen molar-refractivity contribution in [2.75, 3.05) is 13.2 Å². The van der Waals surface area contributed by atoms with Gasteiger partial charge in [-0.3, -0.25) is 4.79 Å². The van der Waals surface area contributed by atoms with E-state index in [-0.39, 0.29) is 6.61 Å². The molecule has 1 amide bonds. The van der Waals surface area contributed by atoms with E-state index in [1.807, 2.05) is 0 Å². The predicted molar refractivity (Wildman–Crippen MR) is 65.9 cm³/mol. The van der Waals surface area contributed by atoms with E-state index < -0.39 is 30.8 Å². The second kappa shape index (κ2) is 7.25. The Kier molecular flexibility index (Phi) is 5.97. The van der Waals surface area contributed by atoms with Crippen LogP contribution in [0.4, 0.5) is 13.2 Å². The van der Waals surface area contributed by atoms with Gasteiger partial charge in [0.05, 0.1) is 12.6 Å². The van der Waals surface area contributed by atoms with Crippen LogP contribution in [-0.4, -0.2) is 36.5 Å². The third-order valence-corrected chi connectivity index (χ3v) is 2.57. The fourth-order valence-electron chi connectivity index (χ4n) is 1.50. The molecule has 0 aliphatic heterocycles. The highest BCUT2D eigenvalue weighted by Crippen LogP contribution is 2.16. The summed E-state index contributed by atoms with van der Waals surface area (Å²) in [7, 11) is 0. The van der Waals surface area contributed by atoms with Crippen molar-refractivity contribution in [2.45, 2.75) is 25.2 Å². The van der Waals surface area contributed by atoms with Gasteiger partial charge in [-0.15, -0.1) is 0 Å². The highest BCUT2D eigenvalue weighted by molar-refractivity contribution is 5.80. The summed E-state index contributed by atoms with van der Waals surface area (Å²) in [6, 6.07) is 7.95. The number of aliphatic hydroxyl groups excluding tert-OH is 1. The Hall–Kier alpha value is -1.60. The minimum Gasteiger partial charge on any atom is -0.394 e. The lowest BCUT2D eigenvalue weighted by atomic mass is 10.1. The number of halogens is 3. The molecule has 20 heavy (non-hydrogen) atoms. The number of carbonyl (C=O) groups is 1. The number of hydrogen-bond acceptors (Lipinski definition) is 3. The minimum atomic E-state index is -4.48. The van der Waals surface area contributed by atoms with Crippen LogP contribution in [0.15, 0.2) is 30.3 Å². The van der Waals surface area contributed by atoms with Gasteiger partial charge in [0.25, 0.3) is 0 Å². The summed E-state index contributed by atoms with van der Waals surface area (Å²) in [6.45, 7) is -0.626. The van der Waals surface area contributed by atoms with Crippen LogP contribution in [-0.2, 0) is 9.53 Å². The zero-order valence-electron chi connectivity index (χ0n) is 10.9. The summed E-state index contributed by atoms with van der Waals surface area (Å²) in [4.78, 5) is 11.7. The molecule has 0 aliphatic carbocycles. The van der Waals surface area contributed by atoms with Gasteiger partial charge in [-0.2, -0.15) is 13.2 Å². The largest absolute Gasteiger partial charge is 0.411 e. The summed E-state index contributed by atoms with van der Waals surface area (Å²) >= 11 is 0. The van der Waals surface area contributed by atoms with E-state index in [1.54, 1.807) is 30.3 Å². The first-order chi connectivity index (χ1) is 9.33. The Morgan fingerprint density at radius 1 is 1.35 bits per heavy atom. The average molecular weight is 291 g/mol. The molecule has 0 saturated carbocycles. The zero-order chi connectivity index (χ0) is 15.2. The molecule has 1 aromatic rings. The van der Waals surface area contributed by atoms with Crippen LogP contribution >= 0.6 is 0 Å². The zero-order valence-corrected chi connectivity index (χ0v) is 10.9. The van der Waals surface area contributed by atoms with E-state index in [2.05, 4.69) is 10.1 Å². The topological polar surface area (TPSA) is 58.6 Å². The molecule has 7 heteroatoms. The van der Waals surface area contributed by atoms with Crippen molar-refractivity contribution in [2.24, 2.45) is 0 Å². The lowest BCUT2D eigenvalue weighted by Gasteiger charge is -2.20. The maximum absolute atomic E-state index is 12.0. The SMILES string of the molecule is CC(OCC(F)(F)F)C(=O)N[C@H](CO)c1ccccc1. The number of benzene rings is 1. The average Bonchev–Trinajstić information content (AvgIpc) is 2.42. The Bertz CT molecular complexity index is 423. The van der Waals surface area contributed by atoms with Crippen LogP contribution in [0.3, 0.4) is 0 Å². The molecule has 0 aliphatic rings. The Balaban J connectivity index is 2.55. The number of alkyl halides is 3. The normalized spacial score (nSPS) is 14.7. The van der Waals surface area contributed by atoms with Gasteiger partial charge in [0, 0.05) is 0 Å². The molecule has 0 radical (unpaired) electrons. The maximum Gasteiger partial charge on any atom is 0.411 e.